The van der Waals surface area contributed by atoms with E-state index in [9.17, 15) is 24.3 Å². The Labute approximate surface area is 245 Å². The number of carboxylic acids is 1. The molecule has 2 atom stereocenters. The lowest BCUT2D eigenvalue weighted by molar-refractivity contribution is -0.138. The van der Waals surface area contributed by atoms with Crippen LogP contribution in [0.3, 0.4) is 0 Å². The Morgan fingerprint density at radius 1 is 0.786 bits per heavy atom. The highest BCUT2D eigenvalue weighted by atomic mass is 16.5. The van der Waals surface area contributed by atoms with Gasteiger partial charge in [0.2, 0.25) is 11.8 Å². The summed E-state index contributed by atoms with van der Waals surface area (Å²) in [6, 6.07) is 19.6. The van der Waals surface area contributed by atoms with Crippen LogP contribution in [-0.4, -0.2) is 43.0 Å². The highest BCUT2D eigenvalue weighted by Gasteiger charge is 2.27. The van der Waals surface area contributed by atoms with Gasteiger partial charge in [-0.2, -0.15) is 0 Å². The maximum Gasteiger partial charge on any atom is 0.305 e. The first-order chi connectivity index (χ1) is 20.1. The Bertz CT molecular complexity index is 1370. The largest absolute Gasteiger partial charge is 0.493 e. The number of rotatable bonds is 14. The molecule has 0 spiro atoms. The maximum absolute atomic E-state index is 13.4. The summed E-state index contributed by atoms with van der Waals surface area (Å²) < 4.78 is 10.6. The zero-order chi connectivity index (χ0) is 30.6. The first kappa shape index (κ1) is 31.7. The molecule has 3 aromatic rings. The number of hydrogen-bond donors (Lipinski definition) is 4. The lowest BCUT2D eigenvalue weighted by Gasteiger charge is -2.24. The summed E-state index contributed by atoms with van der Waals surface area (Å²) in [6.07, 6.45) is -0.0212. The molecule has 0 heterocycles. The number of hydrogen-bond acceptors (Lipinski definition) is 6. The second-order valence-corrected chi connectivity index (χ2v) is 10.2. The molecule has 3 aromatic carbocycles. The van der Waals surface area contributed by atoms with Gasteiger partial charge in [0.1, 0.15) is 0 Å². The van der Waals surface area contributed by atoms with E-state index in [1.54, 1.807) is 66.7 Å². The van der Waals surface area contributed by atoms with Gasteiger partial charge in [-0.05, 0) is 66.4 Å². The number of benzene rings is 3. The minimum absolute atomic E-state index is 0.0950. The van der Waals surface area contributed by atoms with Crippen LogP contribution in [-0.2, 0) is 14.4 Å². The minimum atomic E-state index is -1.09. The molecule has 4 N–H and O–H groups in total. The maximum atomic E-state index is 13.4. The highest BCUT2D eigenvalue weighted by molar-refractivity contribution is 6.04. The lowest BCUT2D eigenvalue weighted by Crippen LogP contribution is -2.37. The van der Waals surface area contributed by atoms with Crippen molar-refractivity contribution in [3.05, 3.63) is 83.9 Å². The topological polar surface area (TPSA) is 143 Å². The van der Waals surface area contributed by atoms with Gasteiger partial charge in [-0.3, -0.25) is 19.2 Å². The molecule has 0 aliphatic carbocycles. The Morgan fingerprint density at radius 2 is 1.40 bits per heavy atom. The van der Waals surface area contributed by atoms with Gasteiger partial charge in [-0.15, -0.1) is 0 Å². The number of carbonyl (C=O) groups excluding carboxylic acids is 3. The first-order valence-corrected chi connectivity index (χ1v) is 13.6. The highest BCUT2D eigenvalue weighted by Crippen LogP contribution is 2.31. The molecule has 0 bridgehead atoms. The SMILES string of the molecule is COc1ccc([C@H](CC(=O)O)NC(=O)[C@@H](CC(=O)Nc2ccc(NC(=O)c3ccccc3)cc2)CC(C)C)cc1OC. The third-order valence-corrected chi connectivity index (χ3v) is 6.53. The van der Waals surface area contributed by atoms with Gasteiger partial charge in [-0.1, -0.05) is 38.1 Å². The number of ether oxygens (including phenoxy) is 2. The van der Waals surface area contributed by atoms with Crippen LogP contribution < -0.4 is 25.4 Å². The molecule has 0 saturated heterocycles. The second-order valence-electron chi connectivity index (χ2n) is 10.2. The van der Waals surface area contributed by atoms with Crippen LogP contribution in [0.15, 0.2) is 72.8 Å². The average molecular weight is 576 g/mol. The van der Waals surface area contributed by atoms with Gasteiger partial charge < -0.3 is 30.5 Å². The Kier molecular flexibility index (Phi) is 11.5. The summed E-state index contributed by atoms with van der Waals surface area (Å²) in [7, 11) is 2.96. The van der Waals surface area contributed by atoms with E-state index < -0.39 is 23.8 Å². The zero-order valence-corrected chi connectivity index (χ0v) is 24.2. The average Bonchev–Trinajstić information content (AvgIpc) is 2.97. The lowest BCUT2D eigenvalue weighted by atomic mass is 9.92. The van der Waals surface area contributed by atoms with Crippen molar-refractivity contribution in [2.75, 3.05) is 24.9 Å². The molecule has 0 aliphatic rings. The Hall–Kier alpha value is -4.86. The van der Waals surface area contributed by atoms with Crippen molar-refractivity contribution in [2.24, 2.45) is 11.8 Å². The summed E-state index contributed by atoms with van der Waals surface area (Å²) in [5.41, 5.74) is 2.14. The molecular weight excluding hydrogens is 538 g/mol. The molecule has 10 nitrogen and oxygen atoms in total. The summed E-state index contributed by atoms with van der Waals surface area (Å²) >= 11 is 0. The van der Waals surface area contributed by atoms with Crippen LogP contribution in [0.4, 0.5) is 11.4 Å². The first-order valence-electron chi connectivity index (χ1n) is 13.6. The number of carbonyl (C=O) groups is 4. The van der Waals surface area contributed by atoms with Crippen molar-refractivity contribution in [2.45, 2.75) is 39.2 Å². The van der Waals surface area contributed by atoms with Crippen molar-refractivity contribution in [3.63, 3.8) is 0 Å². The molecule has 0 unspecified atom stereocenters. The van der Waals surface area contributed by atoms with Crippen molar-refractivity contribution in [1.82, 2.24) is 5.32 Å². The van der Waals surface area contributed by atoms with E-state index in [4.69, 9.17) is 9.47 Å². The molecule has 3 rings (SSSR count). The number of methoxy groups -OCH3 is 2. The smallest absolute Gasteiger partial charge is 0.305 e. The predicted molar refractivity (Wildman–Crippen MR) is 160 cm³/mol. The van der Waals surface area contributed by atoms with Crippen molar-refractivity contribution in [1.29, 1.82) is 0 Å². The normalized spacial score (nSPS) is 12.1. The van der Waals surface area contributed by atoms with Gasteiger partial charge >= 0.3 is 5.97 Å². The Balaban J connectivity index is 1.67. The number of anilines is 2. The van der Waals surface area contributed by atoms with E-state index in [0.29, 0.717) is 40.4 Å². The standard InChI is InChI=1S/C32H37N3O7/c1-20(2)16-23(32(40)35-26(19-30(37)38)22-10-15-27(41-3)28(17-22)42-4)18-29(36)33-24-11-13-25(14-12-24)34-31(39)21-8-6-5-7-9-21/h5-15,17,20,23,26H,16,18-19H2,1-4H3,(H,33,36)(H,34,39)(H,35,40)(H,37,38)/t23-,26+/m1/s1. The minimum Gasteiger partial charge on any atom is -0.493 e. The van der Waals surface area contributed by atoms with Gasteiger partial charge in [0, 0.05) is 29.3 Å². The molecule has 0 fully saturated rings. The third-order valence-electron chi connectivity index (χ3n) is 6.53. The van der Waals surface area contributed by atoms with Crippen LogP contribution in [0.25, 0.3) is 0 Å². The molecule has 10 heteroatoms. The Morgan fingerprint density at radius 3 is 1.98 bits per heavy atom. The molecule has 0 radical (unpaired) electrons. The fourth-order valence-electron chi connectivity index (χ4n) is 4.50. The van der Waals surface area contributed by atoms with Crippen LogP contribution in [0, 0.1) is 11.8 Å². The summed E-state index contributed by atoms with van der Waals surface area (Å²) in [4.78, 5) is 50.4. The number of amides is 3. The van der Waals surface area contributed by atoms with Crippen LogP contribution >= 0.6 is 0 Å². The molecule has 3 amide bonds. The van der Waals surface area contributed by atoms with Crippen molar-refractivity contribution < 1.29 is 33.8 Å². The molecular formula is C32H37N3O7. The van der Waals surface area contributed by atoms with Crippen molar-refractivity contribution in [3.8, 4) is 11.5 Å². The van der Waals surface area contributed by atoms with E-state index in [-0.39, 0.29) is 30.6 Å². The molecule has 222 valence electrons. The number of aliphatic carboxylic acids is 1. The van der Waals surface area contributed by atoms with E-state index in [1.807, 2.05) is 19.9 Å². The fraction of sp³-hybridized carbons (Fsp3) is 0.312. The van der Waals surface area contributed by atoms with Crippen LogP contribution in [0.1, 0.15) is 55.1 Å². The third kappa shape index (κ3) is 9.36. The molecule has 0 saturated carbocycles. The van der Waals surface area contributed by atoms with E-state index in [1.165, 1.54) is 14.2 Å². The van der Waals surface area contributed by atoms with E-state index >= 15 is 0 Å². The van der Waals surface area contributed by atoms with Gasteiger partial charge in [-0.25, -0.2) is 0 Å². The van der Waals surface area contributed by atoms with E-state index in [2.05, 4.69) is 16.0 Å². The molecule has 0 aromatic heterocycles. The fourth-order valence-corrected chi connectivity index (χ4v) is 4.50. The summed E-state index contributed by atoms with van der Waals surface area (Å²) in [6.45, 7) is 3.90. The van der Waals surface area contributed by atoms with Crippen molar-refractivity contribution >= 4 is 35.1 Å². The quantitative estimate of drug-likeness (QED) is 0.205. The predicted octanol–water partition coefficient (Wildman–Crippen LogP) is 5.28. The van der Waals surface area contributed by atoms with Gasteiger partial charge in [0.25, 0.3) is 5.91 Å². The van der Waals surface area contributed by atoms with Crippen LogP contribution in [0.5, 0.6) is 11.5 Å². The zero-order valence-electron chi connectivity index (χ0n) is 24.2. The summed E-state index contributed by atoms with van der Waals surface area (Å²) in [5.74, 6) is -1.81. The number of carboxylic acid groups (broad SMARTS) is 1. The summed E-state index contributed by atoms with van der Waals surface area (Å²) in [5, 5.41) is 17.9. The second kappa shape index (κ2) is 15.2. The molecule has 42 heavy (non-hydrogen) atoms. The van der Waals surface area contributed by atoms with Crippen LogP contribution in [0.2, 0.25) is 0 Å². The van der Waals surface area contributed by atoms with Gasteiger partial charge in [0.05, 0.1) is 26.7 Å². The monoisotopic (exact) mass is 575 g/mol. The van der Waals surface area contributed by atoms with Gasteiger partial charge in [0.15, 0.2) is 11.5 Å². The van der Waals surface area contributed by atoms with E-state index in [0.717, 1.165) is 0 Å². The molecule has 0 aliphatic heterocycles. The number of nitrogens with one attached hydrogen (secondary N) is 3.